The van der Waals surface area contributed by atoms with Crippen molar-refractivity contribution < 1.29 is 9.53 Å². The number of fused-ring (bicyclic) bond motifs is 1. The van der Waals surface area contributed by atoms with E-state index in [2.05, 4.69) is 23.5 Å². The van der Waals surface area contributed by atoms with Crippen LogP contribution in [-0.2, 0) is 17.8 Å². The molecule has 0 radical (unpaired) electrons. The summed E-state index contributed by atoms with van der Waals surface area (Å²) in [5, 5.41) is 3.39. The van der Waals surface area contributed by atoms with Gasteiger partial charge < -0.3 is 15.0 Å². The maximum Gasteiger partial charge on any atom is 0.410 e. The second-order valence-corrected chi connectivity index (χ2v) is 7.37. The summed E-state index contributed by atoms with van der Waals surface area (Å²) in [6.45, 7) is 9.29. The molecule has 1 N–H and O–H groups in total. The molecule has 2 heterocycles. The summed E-state index contributed by atoms with van der Waals surface area (Å²) in [5.41, 5.74) is 3.87. The second-order valence-electron chi connectivity index (χ2n) is 7.37. The molecule has 120 valence electrons. The minimum Gasteiger partial charge on any atom is -0.444 e. The highest BCUT2D eigenvalue weighted by Crippen LogP contribution is 2.31. The summed E-state index contributed by atoms with van der Waals surface area (Å²) in [6, 6.07) is 6.87. The van der Waals surface area contributed by atoms with Crippen molar-refractivity contribution in [2.24, 2.45) is 0 Å². The minimum atomic E-state index is -0.416. The molecule has 4 heteroatoms. The van der Waals surface area contributed by atoms with Crippen LogP contribution in [0.5, 0.6) is 0 Å². The molecule has 1 aromatic rings. The van der Waals surface area contributed by atoms with E-state index in [1.807, 2.05) is 25.7 Å². The Hall–Kier alpha value is -1.55. The van der Waals surface area contributed by atoms with Gasteiger partial charge in [0.1, 0.15) is 5.60 Å². The molecular weight excluding hydrogens is 276 g/mol. The number of likely N-dealkylation sites (tertiary alicyclic amines) is 1. The SMILES string of the molecule is CC(C)(C)OC(=O)N1CCC(c2ccc3c(c2)CNC3)CC1. The fraction of sp³-hybridized carbons (Fsp3) is 0.611. The summed E-state index contributed by atoms with van der Waals surface area (Å²) in [5.74, 6) is 0.560. The number of carbonyl (C=O) groups is 1. The quantitative estimate of drug-likeness (QED) is 0.864. The number of piperidine rings is 1. The van der Waals surface area contributed by atoms with Gasteiger partial charge >= 0.3 is 6.09 Å². The summed E-state index contributed by atoms with van der Waals surface area (Å²) < 4.78 is 5.46. The zero-order valence-electron chi connectivity index (χ0n) is 13.8. The molecule has 0 saturated carbocycles. The number of nitrogens with one attached hydrogen (secondary N) is 1. The van der Waals surface area contributed by atoms with Gasteiger partial charge in [-0.1, -0.05) is 18.2 Å². The maximum atomic E-state index is 12.1. The van der Waals surface area contributed by atoms with E-state index in [0.29, 0.717) is 5.92 Å². The van der Waals surface area contributed by atoms with Gasteiger partial charge in [-0.3, -0.25) is 0 Å². The fourth-order valence-corrected chi connectivity index (χ4v) is 3.29. The fourth-order valence-electron chi connectivity index (χ4n) is 3.29. The Bertz CT molecular complexity index is 555. The third-order valence-corrected chi connectivity index (χ3v) is 4.48. The van der Waals surface area contributed by atoms with Crippen LogP contribution in [0, 0.1) is 0 Å². The van der Waals surface area contributed by atoms with E-state index in [1.165, 1.54) is 16.7 Å². The topological polar surface area (TPSA) is 41.6 Å². The molecule has 2 aliphatic rings. The molecule has 0 spiro atoms. The van der Waals surface area contributed by atoms with Crippen LogP contribution in [0.2, 0.25) is 0 Å². The molecule has 3 rings (SSSR count). The van der Waals surface area contributed by atoms with Gasteiger partial charge in [0, 0.05) is 26.2 Å². The Morgan fingerprint density at radius 2 is 1.86 bits per heavy atom. The molecule has 0 aliphatic carbocycles. The average molecular weight is 302 g/mol. The van der Waals surface area contributed by atoms with E-state index in [9.17, 15) is 4.79 Å². The standard InChI is InChI=1S/C18H26N2O2/c1-18(2,3)22-17(21)20-8-6-13(7-9-20)14-4-5-15-11-19-12-16(15)10-14/h4-5,10,13,19H,6-9,11-12H2,1-3H3. The number of carbonyl (C=O) groups excluding carboxylic acids is 1. The van der Waals surface area contributed by atoms with Crippen LogP contribution in [0.25, 0.3) is 0 Å². The molecule has 0 atom stereocenters. The molecule has 4 nitrogen and oxygen atoms in total. The summed E-state index contributed by atoms with van der Waals surface area (Å²) >= 11 is 0. The second kappa shape index (κ2) is 5.92. The molecule has 1 amide bonds. The largest absolute Gasteiger partial charge is 0.444 e. The molecule has 0 aromatic heterocycles. The molecular formula is C18H26N2O2. The van der Waals surface area contributed by atoms with Crippen LogP contribution in [0.3, 0.4) is 0 Å². The van der Waals surface area contributed by atoms with E-state index >= 15 is 0 Å². The van der Waals surface area contributed by atoms with Gasteiger partial charge in [-0.15, -0.1) is 0 Å². The molecule has 1 fully saturated rings. The predicted molar refractivity (Wildman–Crippen MR) is 86.8 cm³/mol. The van der Waals surface area contributed by atoms with Crippen molar-refractivity contribution in [1.82, 2.24) is 10.2 Å². The first-order valence-electron chi connectivity index (χ1n) is 8.23. The first kappa shape index (κ1) is 15.3. The van der Waals surface area contributed by atoms with Gasteiger partial charge in [-0.25, -0.2) is 4.79 Å². The van der Waals surface area contributed by atoms with Gasteiger partial charge in [-0.2, -0.15) is 0 Å². The van der Waals surface area contributed by atoms with Gasteiger partial charge in [0.05, 0.1) is 0 Å². The Kier molecular flexibility index (Phi) is 4.13. The number of benzene rings is 1. The van der Waals surface area contributed by atoms with E-state index in [4.69, 9.17) is 4.74 Å². The molecule has 1 aromatic carbocycles. The number of ether oxygens (including phenoxy) is 1. The number of hydrogen-bond acceptors (Lipinski definition) is 3. The molecule has 22 heavy (non-hydrogen) atoms. The van der Waals surface area contributed by atoms with Crippen molar-refractivity contribution in [3.8, 4) is 0 Å². The van der Waals surface area contributed by atoms with E-state index < -0.39 is 5.60 Å². The predicted octanol–water partition coefficient (Wildman–Crippen LogP) is 3.40. The Labute approximate surface area is 132 Å². The van der Waals surface area contributed by atoms with Gasteiger partial charge in [0.15, 0.2) is 0 Å². The number of nitrogens with zero attached hydrogens (tertiary/aromatic N) is 1. The lowest BCUT2D eigenvalue weighted by Crippen LogP contribution is -2.41. The van der Waals surface area contributed by atoms with Gasteiger partial charge in [-0.05, 0) is 56.2 Å². The van der Waals surface area contributed by atoms with Crippen LogP contribution in [0.1, 0.15) is 56.2 Å². The number of amides is 1. The number of hydrogen-bond donors (Lipinski definition) is 1. The van der Waals surface area contributed by atoms with Gasteiger partial charge in [0.2, 0.25) is 0 Å². The lowest BCUT2D eigenvalue weighted by molar-refractivity contribution is 0.0205. The Balaban J connectivity index is 1.59. The third kappa shape index (κ3) is 3.43. The summed E-state index contributed by atoms with van der Waals surface area (Å²) in [7, 11) is 0. The Morgan fingerprint density at radius 3 is 2.55 bits per heavy atom. The van der Waals surface area contributed by atoms with Crippen LogP contribution in [-0.4, -0.2) is 29.7 Å². The summed E-state index contributed by atoms with van der Waals surface area (Å²) in [4.78, 5) is 13.9. The lowest BCUT2D eigenvalue weighted by Gasteiger charge is -2.33. The van der Waals surface area contributed by atoms with Crippen molar-refractivity contribution in [2.45, 2.75) is 58.2 Å². The van der Waals surface area contributed by atoms with E-state index in [-0.39, 0.29) is 6.09 Å². The van der Waals surface area contributed by atoms with Gasteiger partial charge in [0.25, 0.3) is 0 Å². The lowest BCUT2D eigenvalue weighted by atomic mass is 9.88. The van der Waals surface area contributed by atoms with Crippen LogP contribution in [0.15, 0.2) is 18.2 Å². The monoisotopic (exact) mass is 302 g/mol. The highest BCUT2D eigenvalue weighted by Gasteiger charge is 2.27. The smallest absolute Gasteiger partial charge is 0.410 e. The maximum absolute atomic E-state index is 12.1. The highest BCUT2D eigenvalue weighted by molar-refractivity contribution is 5.68. The first-order chi connectivity index (χ1) is 10.4. The van der Waals surface area contributed by atoms with Crippen LogP contribution < -0.4 is 5.32 Å². The van der Waals surface area contributed by atoms with Crippen molar-refractivity contribution >= 4 is 6.09 Å². The highest BCUT2D eigenvalue weighted by atomic mass is 16.6. The first-order valence-corrected chi connectivity index (χ1v) is 8.23. The molecule has 0 unspecified atom stereocenters. The van der Waals surface area contributed by atoms with Crippen LogP contribution >= 0.6 is 0 Å². The third-order valence-electron chi connectivity index (χ3n) is 4.48. The number of rotatable bonds is 1. The minimum absolute atomic E-state index is 0.177. The zero-order chi connectivity index (χ0) is 15.7. The molecule has 1 saturated heterocycles. The van der Waals surface area contributed by atoms with E-state index in [1.54, 1.807) is 0 Å². The summed E-state index contributed by atoms with van der Waals surface area (Å²) in [6.07, 6.45) is 1.86. The van der Waals surface area contributed by atoms with Crippen molar-refractivity contribution in [3.63, 3.8) is 0 Å². The van der Waals surface area contributed by atoms with Crippen LogP contribution in [0.4, 0.5) is 4.79 Å². The molecule has 2 aliphatic heterocycles. The normalized spacial score (nSPS) is 19.1. The Morgan fingerprint density at radius 1 is 1.18 bits per heavy atom. The van der Waals surface area contributed by atoms with Crippen molar-refractivity contribution in [1.29, 1.82) is 0 Å². The zero-order valence-corrected chi connectivity index (χ0v) is 13.8. The van der Waals surface area contributed by atoms with E-state index in [0.717, 1.165) is 39.0 Å². The van der Waals surface area contributed by atoms with Crippen molar-refractivity contribution in [3.05, 3.63) is 34.9 Å². The van der Waals surface area contributed by atoms with Crippen molar-refractivity contribution in [2.75, 3.05) is 13.1 Å². The average Bonchev–Trinajstić information content (AvgIpc) is 2.93. The molecule has 0 bridgehead atoms.